The summed E-state index contributed by atoms with van der Waals surface area (Å²) in [5, 5.41) is 0. The Morgan fingerprint density at radius 1 is 1.36 bits per heavy atom. The van der Waals surface area contributed by atoms with Gasteiger partial charge in [-0.15, -0.1) is 12.4 Å². The highest BCUT2D eigenvalue weighted by Gasteiger charge is 2.19. The van der Waals surface area contributed by atoms with Crippen molar-refractivity contribution in [3.05, 3.63) is 23.8 Å². The SMILES string of the molecule is COc1cc(CN2CCCC(CN)C2)ccc1OC(F)F.Cl. The molecule has 4 nitrogen and oxygen atoms in total. The summed E-state index contributed by atoms with van der Waals surface area (Å²) < 4.78 is 34.1. The fourth-order valence-electron chi connectivity index (χ4n) is 2.75. The van der Waals surface area contributed by atoms with Crippen molar-refractivity contribution in [3.8, 4) is 11.5 Å². The van der Waals surface area contributed by atoms with E-state index in [4.69, 9.17) is 10.5 Å². The molecule has 2 rings (SSSR count). The summed E-state index contributed by atoms with van der Waals surface area (Å²) in [6.07, 6.45) is 2.32. The third-order valence-electron chi connectivity index (χ3n) is 3.79. The minimum absolute atomic E-state index is 0. The molecule has 2 N–H and O–H groups in total. The Balaban J connectivity index is 0.00000242. The van der Waals surface area contributed by atoms with Crippen molar-refractivity contribution in [1.82, 2.24) is 4.90 Å². The zero-order valence-electron chi connectivity index (χ0n) is 12.6. The third kappa shape index (κ3) is 5.26. The van der Waals surface area contributed by atoms with E-state index >= 15 is 0 Å². The molecule has 0 bridgehead atoms. The molecular weight excluding hydrogens is 314 g/mol. The van der Waals surface area contributed by atoms with E-state index in [1.54, 1.807) is 12.1 Å². The first-order chi connectivity index (χ1) is 10.1. The highest BCUT2D eigenvalue weighted by Crippen LogP contribution is 2.30. The van der Waals surface area contributed by atoms with Crippen molar-refractivity contribution in [2.75, 3.05) is 26.7 Å². The Morgan fingerprint density at radius 2 is 2.14 bits per heavy atom. The molecule has 126 valence electrons. The number of rotatable bonds is 6. The Morgan fingerprint density at radius 3 is 2.77 bits per heavy atom. The summed E-state index contributed by atoms with van der Waals surface area (Å²) in [6, 6.07) is 5.08. The zero-order chi connectivity index (χ0) is 15.2. The minimum atomic E-state index is -2.85. The number of piperidine rings is 1. The van der Waals surface area contributed by atoms with Gasteiger partial charge in [-0.2, -0.15) is 8.78 Å². The van der Waals surface area contributed by atoms with Crippen LogP contribution in [0.1, 0.15) is 18.4 Å². The summed E-state index contributed by atoms with van der Waals surface area (Å²) in [7, 11) is 1.45. The molecule has 1 aliphatic heterocycles. The van der Waals surface area contributed by atoms with E-state index in [0.717, 1.165) is 31.6 Å². The molecule has 0 aliphatic carbocycles. The molecule has 1 heterocycles. The predicted molar refractivity (Wildman–Crippen MR) is 83.9 cm³/mol. The van der Waals surface area contributed by atoms with Crippen LogP contribution in [0, 0.1) is 5.92 Å². The summed E-state index contributed by atoms with van der Waals surface area (Å²) >= 11 is 0. The highest BCUT2D eigenvalue weighted by atomic mass is 35.5. The second-order valence-electron chi connectivity index (χ2n) is 5.34. The lowest BCUT2D eigenvalue weighted by molar-refractivity contribution is -0.0512. The van der Waals surface area contributed by atoms with Crippen LogP contribution in [-0.2, 0) is 6.54 Å². The molecule has 1 atom stereocenters. The number of hydrogen-bond donors (Lipinski definition) is 1. The van der Waals surface area contributed by atoms with Crippen LogP contribution in [0.2, 0.25) is 0 Å². The molecule has 0 saturated carbocycles. The predicted octanol–water partition coefficient (Wildman–Crippen LogP) is 2.89. The quantitative estimate of drug-likeness (QED) is 0.867. The van der Waals surface area contributed by atoms with E-state index in [9.17, 15) is 8.78 Å². The minimum Gasteiger partial charge on any atom is -0.493 e. The van der Waals surface area contributed by atoms with Gasteiger partial charge < -0.3 is 15.2 Å². The van der Waals surface area contributed by atoms with Gasteiger partial charge in [-0.05, 0) is 49.5 Å². The van der Waals surface area contributed by atoms with E-state index in [1.165, 1.54) is 19.6 Å². The lowest BCUT2D eigenvalue weighted by Gasteiger charge is -2.32. The van der Waals surface area contributed by atoms with Crippen molar-refractivity contribution in [2.45, 2.75) is 26.0 Å². The average Bonchev–Trinajstić information content (AvgIpc) is 2.48. The van der Waals surface area contributed by atoms with Crippen LogP contribution >= 0.6 is 12.4 Å². The van der Waals surface area contributed by atoms with E-state index in [0.29, 0.717) is 18.2 Å². The van der Waals surface area contributed by atoms with E-state index in [-0.39, 0.29) is 18.2 Å². The monoisotopic (exact) mass is 336 g/mol. The van der Waals surface area contributed by atoms with E-state index in [2.05, 4.69) is 9.64 Å². The molecule has 1 aliphatic rings. The molecule has 0 spiro atoms. The van der Waals surface area contributed by atoms with Crippen molar-refractivity contribution in [2.24, 2.45) is 11.7 Å². The summed E-state index contributed by atoms with van der Waals surface area (Å²) in [4.78, 5) is 2.34. The Bertz CT molecular complexity index is 463. The van der Waals surface area contributed by atoms with E-state index in [1.807, 2.05) is 0 Å². The maximum atomic E-state index is 12.3. The number of hydrogen-bond acceptors (Lipinski definition) is 4. The van der Waals surface area contributed by atoms with Crippen LogP contribution in [-0.4, -0.2) is 38.3 Å². The van der Waals surface area contributed by atoms with Gasteiger partial charge in [0.15, 0.2) is 11.5 Å². The first-order valence-corrected chi connectivity index (χ1v) is 7.16. The van der Waals surface area contributed by atoms with Gasteiger partial charge in [-0.25, -0.2) is 0 Å². The lowest BCUT2D eigenvalue weighted by Crippen LogP contribution is -2.37. The maximum Gasteiger partial charge on any atom is 0.387 e. The van der Waals surface area contributed by atoms with Crippen molar-refractivity contribution >= 4 is 12.4 Å². The van der Waals surface area contributed by atoms with Crippen LogP contribution in [0.5, 0.6) is 11.5 Å². The molecule has 1 saturated heterocycles. The Hall–Kier alpha value is -1.11. The number of ether oxygens (including phenoxy) is 2. The van der Waals surface area contributed by atoms with Crippen molar-refractivity contribution < 1.29 is 18.3 Å². The van der Waals surface area contributed by atoms with Gasteiger partial charge >= 0.3 is 6.61 Å². The van der Waals surface area contributed by atoms with Crippen molar-refractivity contribution in [1.29, 1.82) is 0 Å². The third-order valence-corrected chi connectivity index (χ3v) is 3.79. The topological polar surface area (TPSA) is 47.7 Å². The second-order valence-corrected chi connectivity index (χ2v) is 5.34. The van der Waals surface area contributed by atoms with Crippen LogP contribution in [0.25, 0.3) is 0 Å². The molecule has 0 aromatic heterocycles. The molecule has 1 unspecified atom stereocenters. The van der Waals surface area contributed by atoms with Gasteiger partial charge in [0.1, 0.15) is 0 Å². The Labute approximate surface area is 136 Å². The molecule has 0 radical (unpaired) electrons. The fraction of sp³-hybridized carbons (Fsp3) is 0.600. The van der Waals surface area contributed by atoms with Crippen molar-refractivity contribution in [3.63, 3.8) is 0 Å². The second kappa shape index (κ2) is 9.12. The number of halogens is 3. The van der Waals surface area contributed by atoms with Crippen LogP contribution in [0.15, 0.2) is 18.2 Å². The molecule has 1 fully saturated rings. The first-order valence-electron chi connectivity index (χ1n) is 7.16. The van der Waals surface area contributed by atoms with Crippen LogP contribution in [0.4, 0.5) is 8.78 Å². The van der Waals surface area contributed by atoms with Gasteiger partial charge in [-0.3, -0.25) is 4.90 Å². The standard InChI is InChI=1S/C15H22F2N2O2.ClH/c1-20-14-7-11(4-5-13(14)21-15(16)17)9-19-6-2-3-12(8-18)10-19;/h4-5,7,12,15H,2-3,6,8-10,18H2,1H3;1H. The normalized spacial score (nSPS) is 18.9. The Kier molecular flexibility index (Phi) is 7.85. The summed E-state index contributed by atoms with van der Waals surface area (Å²) in [5.41, 5.74) is 6.76. The molecule has 0 amide bonds. The smallest absolute Gasteiger partial charge is 0.387 e. The van der Waals surface area contributed by atoms with E-state index < -0.39 is 6.61 Å². The highest BCUT2D eigenvalue weighted by molar-refractivity contribution is 5.85. The molecule has 7 heteroatoms. The molecule has 22 heavy (non-hydrogen) atoms. The molecule has 1 aromatic carbocycles. The number of alkyl halides is 2. The van der Waals surface area contributed by atoms with Crippen LogP contribution in [0.3, 0.4) is 0 Å². The first kappa shape index (κ1) is 18.9. The number of methoxy groups -OCH3 is 1. The molecular formula is C15H23ClF2N2O2. The number of nitrogens with zero attached hydrogens (tertiary/aromatic N) is 1. The summed E-state index contributed by atoms with van der Waals surface area (Å²) in [6.45, 7) is 0.641. The largest absolute Gasteiger partial charge is 0.493 e. The van der Waals surface area contributed by atoms with Gasteiger partial charge in [0.2, 0.25) is 0 Å². The molecule has 1 aromatic rings. The number of nitrogens with two attached hydrogens (primary N) is 1. The van der Waals surface area contributed by atoms with Gasteiger partial charge in [0, 0.05) is 13.1 Å². The number of likely N-dealkylation sites (tertiary alicyclic amines) is 1. The van der Waals surface area contributed by atoms with Gasteiger partial charge in [0.25, 0.3) is 0 Å². The number of benzene rings is 1. The fourth-order valence-corrected chi connectivity index (χ4v) is 2.75. The zero-order valence-corrected chi connectivity index (χ0v) is 13.5. The lowest BCUT2D eigenvalue weighted by atomic mass is 9.98. The van der Waals surface area contributed by atoms with Gasteiger partial charge in [-0.1, -0.05) is 6.07 Å². The maximum absolute atomic E-state index is 12.3. The average molecular weight is 337 g/mol. The summed E-state index contributed by atoms with van der Waals surface area (Å²) in [5.74, 6) is 0.942. The van der Waals surface area contributed by atoms with Gasteiger partial charge in [0.05, 0.1) is 7.11 Å². The van der Waals surface area contributed by atoms with Crippen LogP contribution < -0.4 is 15.2 Å².